The zero-order valence-electron chi connectivity index (χ0n) is 15.4. The third-order valence-corrected chi connectivity index (χ3v) is 3.68. The second-order valence-electron chi connectivity index (χ2n) is 4.95. The van der Waals surface area contributed by atoms with E-state index in [1.807, 2.05) is 30.3 Å². The molecule has 0 aromatic heterocycles. The van der Waals surface area contributed by atoms with E-state index in [9.17, 15) is 0 Å². The fourth-order valence-electron chi connectivity index (χ4n) is 2.22. The summed E-state index contributed by atoms with van der Waals surface area (Å²) in [5, 5.41) is 1.24. The van der Waals surface area contributed by atoms with Crippen LogP contribution in [-0.4, -0.2) is 0 Å². The minimum absolute atomic E-state index is 0. The van der Waals surface area contributed by atoms with Crippen LogP contribution in [0, 0.1) is 26.6 Å². The van der Waals surface area contributed by atoms with Gasteiger partial charge in [-0.15, -0.1) is 9.24 Å². The van der Waals surface area contributed by atoms with Crippen molar-refractivity contribution in [1.29, 1.82) is 0 Å². The molecular formula is C20H27Fe2O4P. The molecule has 0 bridgehead atoms. The van der Waals surface area contributed by atoms with E-state index in [0.29, 0.717) is 0 Å². The molecule has 0 N–H and O–H groups in total. The first-order valence-electron chi connectivity index (χ1n) is 8.02. The molecule has 2 fully saturated rings. The van der Waals surface area contributed by atoms with Crippen molar-refractivity contribution in [2.45, 2.75) is 64.2 Å². The van der Waals surface area contributed by atoms with E-state index in [0.717, 1.165) is 0 Å². The summed E-state index contributed by atoms with van der Waals surface area (Å²) in [4.78, 5) is 0. The van der Waals surface area contributed by atoms with Gasteiger partial charge >= 0.3 is 45.2 Å². The van der Waals surface area contributed by atoms with Crippen molar-refractivity contribution in [3.8, 4) is 0 Å². The minimum Gasteiger partial charge on any atom is 0 e. The maximum absolute atomic E-state index is 7.50. The first kappa shape index (κ1) is 41.1. The van der Waals surface area contributed by atoms with Crippen LogP contribution in [0.3, 0.4) is 0 Å². The third kappa shape index (κ3) is 46.1. The minimum atomic E-state index is 0. The van der Waals surface area contributed by atoms with Crippen molar-refractivity contribution >= 4 is 14.5 Å². The standard InChI is InChI=1S/C6H7P.2C5H10.4CO.2Fe/c7-6-4-2-1-3-5-6;2*1-2-4-5-3-1;4*1-2;;/h1-5H,7H2;2*1-5H2;;;;;;. The first-order chi connectivity index (χ1) is 12.4. The molecule has 0 saturated heterocycles. The molecule has 2 aliphatic rings. The van der Waals surface area contributed by atoms with Crippen molar-refractivity contribution in [3.63, 3.8) is 0 Å². The predicted octanol–water partition coefficient (Wildman–Crippen LogP) is 4.93. The van der Waals surface area contributed by atoms with Crippen molar-refractivity contribution < 1.29 is 52.7 Å². The molecule has 27 heavy (non-hydrogen) atoms. The van der Waals surface area contributed by atoms with Gasteiger partial charge in [0.2, 0.25) is 0 Å². The second kappa shape index (κ2) is 50.0. The Labute approximate surface area is 188 Å². The molecule has 2 saturated carbocycles. The summed E-state index contributed by atoms with van der Waals surface area (Å²) in [5.41, 5.74) is 0. The van der Waals surface area contributed by atoms with Crippen molar-refractivity contribution in [3.05, 3.63) is 56.9 Å². The Morgan fingerprint density at radius 1 is 0.481 bits per heavy atom. The van der Waals surface area contributed by atoms with Gasteiger partial charge in [-0.25, -0.2) is 0 Å². The van der Waals surface area contributed by atoms with Crippen LogP contribution in [0.25, 0.3) is 0 Å². The fourth-order valence-corrected chi connectivity index (χ4v) is 2.44. The SMILES string of the molecule is C1CCCC1.C1CCCC1.Pc1ccccc1.[C-]#[O+].[C-]#[O+].[C-]#[O+].[C-]#[O+].[Fe].[Fe]. The molecule has 0 amide bonds. The van der Waals surface area contributed by atoms with Gasteiger partial charge in [-0.1, -0.05) is 94.5 Å². The molecule has 0 aliphatic heterocycles. The van der Waals surface area contributed by atoms with Crippen molar-refractivity contribution in [1.82, 2.24) is 0 Å². The van der Waals surface area contributed by atoms with Crippen LogP contribution in [0.5, 0.6) is 0 Å². The van der Waals surface area contributed by atoms with E-state index in [1.54, 1.807) is 0 Å². The Hall–Kier alpha value is -0.351. The molecule has 3 rings (SSSR count). The van der Waals surface area contributed by atoms with Gasteiger partial charge < -0.3 is 0 Å². The molecular weight excluding hydrogens is 447 g/mol. The Morgan fingerprint density at radius 2 is 0.667 bits per heavy atom. The second-order valence-corrected chi connectivity index (χ2v) is 5.61. The normalized spacial score (nSPS) is 11.4. The van der Waals surface area contributed by atoms with Crippen LogP contribution in [-0.2, 0) is 52.7 Å². The van der Waals surface area contributed by atoms with Crippen LogP contribution in [0.2, 0.25) is 0 Å². The van der Waals surface area contributed by atoms with Crippen LogP contribution < -0.4 is 5.30 Å². The number of hydrogen-bond donors (Lipinski definition) is 0. The Morgan fingerprint density at radius 3 is 0.778 bits per heavy atom. The summed E-state index contributed by atoms with van der Waals surface area (Å²) in [6, 6.07) is 10.1. The van der Waals surface area contributed by atoms with Gasteiger partial charge in [-0.3, -0.25) is 0 Å². The maximum Gasteiger partial charge on any atom is 0 e. The summed E-state index contributed by atoms with van der Waals surface area (Å²) >= 11 is 0. The van der Waals surface area contributed by atoms with E-state index in [1.165, 1.54) is 69.5 Å². The number of rotatable bonds is 0. The molecule has 1 aromatic rings. The third-order valence-electron chi connectivity index (χ3n) is 3.30. The maximum atomic E-state index is 7.50. The first-order valence-corrected chi connectivity index (χ1v) is 8.59. The van der Waals surface area contributed by atoms with E-state index >= 15 is 0 Å². The van der Waals surface area contributed by atoms with Crippen LogP contribution in [0.1, 0.15) is 64.2 Å². The van der Waals surface area contributed by atoms with Crippen molar-refractivity contribution in [2.24, 2.45) is 0 Å². The summed E-state index contributed by atoms with van der Waals surface area (Å²) in [7, 11) is 2.63. The monoisotopic (exact) mass is 474 g/mol. The van der Waals surface area contributed by atoms with Gasteiger partial charge in [0.1, 0.15) is 0 Å². The molecule has 7 heteroatoms. The largest absolute Gasteiger partial charge is 0 e. The topological polar surface area (TPSA) is 79.6 Å². The zero-order chi connectivity index (χ0) is 20.2. The molecule has 152 valence electrons. The van der Waals surface area contributed by atoms with Gasteiger partial charge in [0.25, 0.3) is 0 Å². The summed E-state index contributed by atoms with van der Waals surface area (Å²) < 4.78 is 30.0. The Kier molecular flexibility index (Phi) is 76.2. The van der Waals surface area contributed by atoms with Crippen LogP contribution >= 0.6 is 9.24 Å². The number of hydrogen-bond acceptors (Lipinski definition) is 0. The molecule has 0 radical (unpaired) electrons. The van der Waals surface area contributed by atoms with Gasteiger partial charge in [-0.05, 0) is 5.30 Å². The van der Waals surface area contributed by atoms with Gasteiger partial charge in [-0.2, -0.15) is 0 Å². The average molecular weight is 474 g/mol. The average Bonchev–Trinajstić information content (AvgIpc) is 3.47. The van der Waals surface area contributed by atoms with E-state index in [4.69, 9.17) is 18.6 Å². The molecule has 1 aromatic carbocycles. The van der Waals surface area contributed by atoms with Gasteiger partial charge in [0.15, 0.2) is 0 Å². The summed E-state index contributed by atoms with van der Waals surface area (Å²) in [5.74, 6) is 0. The Balaban J connectivity index is -0.0000000506. The van der Waals surface area contributed by atoms with E-state index < -0.39 is 0 Å². The number of benzene rings is 1. The zero-order valence-corrected chi connectivity index (χ0v) is 18.7. The molecule has 0 spiro atoms. The summed E-state index contributed by atoms with van der Waals surface area (Å²) in [6.07, 6.45) is 15.0. The van der Waals surface area contributed by atoms with E-state index in [2.05, 4.69) is 35.8 Å². The van der Waals surface area contributed by atoms with Crippen LogP contribution in [0.4, 0.5) is 0 Å². The molecule has 4 nitrogen and oxygen atoms in total. The fraction of sp³-hybridized carbons (Fsp3) is 0.500. The van der Waals surface area contributed by atoms with Gasteiger partial charge in [0, 0.05) is 34.1 Å². The quantitative estimate of drug-likeness (QED) is 0.221. The Bertz CT molecular complexity index is 363. The van der Waals surface area contributed by atoms with Crippen LogP contribution in [0.15, 0.2) is 30.3 Å². The molecule has 1 atom stereocenters. The molecule has 1 unspecified atom stereocenters. The smallest absolute Gasteiger partial charge is 0 e. The van der Waals surface area contributed by atoms with Gasteiger partial charge in [0.05, 0.1) is 0 Å². The summed E-state index contributed by atoms with van der Waals surface area (Å²) in [6.45, 7) is 18.0. The van der Waals surface area contributed by atoms with Crippen molar-refractivity contribution in [2.75, 3.05) is 0 Å². The predicted molar refractivity (Wildman–Crippen MR) is 97.7 cm³/mol. The van der Waals surface area contributed by atoms with E-state index in [-0.39, 0.29) is 34.1 Å². The molecule has 0 heterocycles. The molecule has 2 aliphatic carbocycles.